The highest BCUT2D eigenvalue weighted by Crippen LogP contribution is 2.34. The lowest BCUT2D eigenvalue weighted by Gasteiger charge is -2.12. The third-order valence-corrected chi connectivity index (χ3v) is 2.62. The first-order valence-corrected chi connectivity index (χ1v) is 6.16. The van der Waals surface area contributed by atoms with Crippen molar-refractivity contribution in [1.82, 2.24) is 0 Å². The smallest absolute Gasteiger partial charge is 0.308 e. The molecule has 1 aromatic rings. The van der Waals surface area contributed by atoms with Crippen LogP contribution >= 0.6 is 0 Å². The van der Waals surface area contributed by atoms with Crippen LogP contribution in [0.3, 0.4) is 0 Å². The molecule has 0 aliphatic carbocycles. The lowest BCUT2D eigenvalue weighted by Crippen LogP contribution is -2.23. The highest BCUT2D eigenvalue weighted by Gasteiger charge is 2.14. The molecule has 1 atom stereocenters. The van der Waals surface area contributed by atoms with Gasteiger partial charge in [-0.05, 0) is 19.1 Å². The van der Waals surface area contributed by atoms with Crippen molar-refractivity contribution in [2.75, 3.05) is 25.3 Å². The number of hydrogen-bond donors (Lipinski definition) is 2. The van der Waals surface area contributed by atoms with Crippen molar-refractivity contribution in [1.29, 1.82) is 0 Å². The molecule has 104 valence electrons. The fraction of sp³-hybridized carbons (Fsp3) is 0.462. The number of esters is 1. The second-order valence-corrected chi connectivity index (χ2v) is 4.11. The lowest BCUT2D eigenvalue weighted by atomic mass is 10.2. The first kappa shape index (κ1) is 13.5. The number of aliphatic hydroxyl groups is 1. The molecule has 1 heterocycles. The van der Waals surface area contributed by atoms with E-state index in [1.807, 2.05) is 6.07 Å². The average Bonchev–Trinajstić information content (AvgIpc) is 2.83. The first-order valence-electron chi connectivity index (χ1n) is 6.16. The van der Waals surface area contributed by atoms with E-state index < -0.39 is 12.1 Å². The molecule has 0 saturated carbocycles. The molecule has 1 aliphatic rings. The molecule has 0 spiro atoms. The van der Waals surface area contributed by atoms with Gasteiger partial charge in [-0.25, -0.2) is 0 Å². The maximum atomic E-state index is 11.2. The Morgan fingerprint density at radius 1 is 1.47 bits per heavy atom. The zero-order chi connectivity index (χ0) is 13.7. The molecular formula is C13H17NO5. The van der Waals surface area contributed by atoms with Crippen LogP contribution in [0.25, 0.3) is 0 Å². The third-order valence-electron chi connectivity index (χ3n) is 2.62. The number of nitrogens with one attached hydrogen (secondary N) is 1. The molecule has 0 fully saturated rings. The Kier molecular flexibility index (Phi) is 4.46. The Labute approximate surface area is 111 Å². The van der Waals surface area contributed by atoms with Crippen LogP contribution in [0.4, 0.5) is 5.69 Å². The van der Waals surface area contributed by atoms with Gasteiger partial charge in [0.1, 0.15) is 0 Å². The lowest BCUT2D eigenvalue weighted by molar-refractivity contribution is -0.145. The number of hydrogen-bond acceptors (Lipinski definition) is 6. The van der Waals surface area contributed by atoms with Crippen molar-refractivity contribution in [3.8, 4) is 11.5 Å². The summed E-state index contributed by atoms with van der Waals surface area (Å²) >= 11 is 0. The molecule has 0 aromatic heterocycles. The van der Waals surface area contributed by atoms with E-state index in [9.17, 15) is 9.90 Å². The number of fused-ring (bicyclic) bond motifs is 1. The second-order valence-electron chi connectivity index (χ2n) is 4.11. The quantitative estimate of drug-likeness (QED) is 0.753. The van der Waals surface area contributed by atoms with Crippen LogP contribution in [0, 0.1) is 0 Å². The Balaban J connectivity index is 1.80. The van der Waals surface area contributed by atoms with Gasteiger partial charge in [0, 0.05) is 18.3 Å². The van der Waals surface area contributed by atoms with Crippen LogP contribution in [0.2, 0.25) is 0 Å². The van der Waals surface area contributed by atoms with E-state index in [1.54, 1.807) is 19.1 Å². The summed E-state index contributed by atoms with van der Waals surface area (Å²) in [5.41, 5.74) is 0.798. The van der Waals surface area contributed by atoms with Gasteiger partial charge < -0.3 is 24.6 Å². The molecule has 1 unspecified atom stereocenters. The molecule has 2 rings (SSSR count). The van der Waals surface area contributed by atoms with Gasteiger partial charge in [0.25, 0.3) is 0 Å². The number of carbonyl (C=O) groups excluding carboxylic acids is 1. The molecule has 0 bridgehead atoms. The zero-order valence-electron chi connectivity index (χ0n) is 10.7. The van der Waals surface area contributed by atoms with E-state index in [2.05, 4.69) is 5.32 Å². The van der Waals surface area contributed by atoms with Gasteiger partial charge in [0.2, 0.25) is 6.79 Å². The van der Waals surface area contributed by atoms with E-state index in [1.165, 1.54) is 0 Å². The van der Waals surface area contributed by atoms with Crippen molar-refractivity contribution in [2.24, 2.45) is 0 Å². The minimum absolute atomic E-state index is 0.0224. The summed E-state index contributed by atoms with van der Waals surface area (Å²) in [4.78, 5) is 11.2. The molecule has 6 heteroatoms. The van der Waals surface area contributed by atoms with Crippen molar-refractivity contribution in [3.05, 3.63) is 18.2 Å². The van der Waals surface area contributed by atoms with E-state index in [0.29, 0.717) is 18.1 Å². The summed E-state index contributed by atoms with van der Waals surface area (Å²) in [5.74, 6) is 0.977. The van der Waals surface area contributed by atoms with Crippen LogP contribution < -0.4 is 14.8 Å². The predicted molar refractivity (Wildman–Crippen MR) is 68.3 cm³/mol. The van der Waals surface area contributed by atoms with Crippen molar-refractivity contribution < 1.29 is 24.1 Å². The molecule has 0 amide bonds. The average molecular weight is 267 g/mol. The Morgan fingerprint density at radius 3 is 3.05 bits per heavy atom. The maximum absolute atomic E-state index is 11.2. The molecule has 2 N–H and O–H groups in total. The predicted octanol–water partition coefficient (Wildman–Crippen LogP) is 1.14. The van der Waals surface area contributed by atoms with Gasteiger partial charge in [-0.3, -0.25) is 4.79 Å². The zero-order valence-corrected chi connectivity index (χ0v) is 10.7. The van der Waals surface area contributed by atoms with Gasteiger partial charge in [0.05, 0.1) is 19.1 Å². The van der Waals surface area contributed by atoms with Gasteiger partial charge in [0.15, 0.2) is 11.5 Å². The molecular weight excluding hydrogens is 250 g/mol. The largest absolute Gasteiger partial charge is 0.466 e. The van der Waals surface area contributed by atoms with Crippen LogP contribution in [-0.4, -0.2) is 37.1 Å². The van der Waals surface area contributed by atoms with Crippen molar-refractivity contribution in [2.45, 2.75) is 19.4 Å². The Morgan fingerprint density at radius 2 is 2.26 bits per heavy atom. The fourth-order valence-electron chi connectivity index (χ4n) is 1.73. The van der Waals surface area contributed by atoms with Gasteiger partial charge in [-0.15, -0.1) is 0 Å². The highest BCUT2D eigenvalue weighted by atomic mass is 16.7. The van der Waals surface area contributed by atoms with Crippen LogP contribution in [0.1, 0.15) is 13.3 Å². The topological polar surface area (TPSA) is 77.0 Å². The molecule has 0 saturated heterocycles. The molecule has 0 radical (unpaired) electrons. The van der Waals surface area contributed by atoms with Gasteiger partial charge >= 0.3 is 5.97 Å². The summed E-state index contributed by atoms with van der Waals surface area (Å²) in [6.45, 7) is 2.54. The monoisotopic (exact) mass is 267 g/mol. The number of rotatable bonds is 6. The summed E-state index contributed by atoms with van der Waals surface area (Å²) < 4.78 is 15.2. The number of ether oxygens (including phenoxy) is 3. The summed E-state index contributed by atoms with van der Waals surface area (Å²) in [6, 6.07) is 5.41. The molecule has 6 nitrogen and oxygen atoms in total. The van der Waals surface area contributed by atoms with Gasteiger partial charge in [-0.1, -0.05) is 0 Å². The van der Waals surface area contributed by atoms with E-state index in [-0.39, 0.29) is 19.8 Å². The fourth-order valence-corrected chi connectivity index (χ4v) is 1.73. The number of aliphatic hydroxyl groups excluding tert-OH is 1. The Hall–Kier alpha value is -1.95. The summed E-state index contributed by atoms with van der Waals surface area (Å²) in [7, 11) is 0. The SMILES string of the molecule is CCOC(=O)CC(O)CNc1ccc2c(c1)OCO2. The minimum atomic E-state index is -0.788. The number of anilines is 1. The van der Waals surface area contributed by atoms with Gasteiger partial charge in [-0.2, -0.15) is 0 Å². The van der Waals surface area contributed by atoms with Crippen molar-refractivity contribution in [3.63, 3.8) is 0 Å². The molecule has 19 heavy (non-hydrogen) atoms. The van der Waals surface area contributed by atoms with Crippen molar-refractivity contribution >= 4 is 11.7 Å². The summed E-state index contributed by atoms with van der Waals surface area (Å²) in [6.07, 6.45) is -0.810. The van der Waals surface area contributed by atoms with E-state index >= 15 is 0 Å². The Bertz CT molecular complexity index is 449. The molecule has 1 aliphatic heterocycles. The number of carbonyl (C=O) groups is 1. The van der Waals surface area contributed by atoms with Crippen LogP contribution in [0.5, 0.6) is 11.5 Å². The van der Waals surface area contributed by atoms with Crippen LogP contribution in [-0.2, 0) is 9.53 Å². The molecule has 1 aromatic carbocycles. The summed E-state index contributed by atoms with van der Waals surface area (Å²) in [5, 5.41) is 12.7. The minimum Gasteiger partial charge on any atom is -0.466 e. The number of benzene rings is 1. The third kappa shape index (κ3) is 3.75. The highest BCUT2D eigenvalue weighted by molar-refractivity contribution is 5.70. The van der Waals surface area contributed by atoms with E-state index in [4.69, 9.17) is 14.2 Å². The first-order chi connectivity index (χ1) is 9.19. The standard InChI is InChI=1S/C13H17NO5/c1-2-17-13(16)6-10(15)7-14-9-3-4-11-12(5-9)19-8-18-11/h3-5,10,14-15H,2,6-8H2,1H3. The maximum Gasteiger partial charge on any atom is 0.308 e. The second kappa shape index (κ2) is 6.29. The van der Waals surface area contributed by atoms with E-state index in [0.717, 1.165) is 5.69 Å². The van der Waals surface area contributed by atoms with Crippen LogP contribution in [0.15, 0.2) is 18.2 Å². The normalized spacial score (nSPS) is 14.0.